The molecule has 0 saturated carbocycles. The number of carbonyl (C=O) groups excluding carboxylic acids is 2. The number of nitrogens with one attached hydrogen (secondary N) is 2. The van der Waals surface area contributed by atoms with Crippen molar-refractivity contribution in [2.24, 2.45) is 5.73 Å². The number of hydrogen-bond acceptors (Lipinski definition) is 3. The van der Waals surface area contributed by atoms with Crippen molar-refractivity contribution in [2.75, 3.05) is 23.7 Å². The van der Waals surface area contributed by atoms with Gasteiger partial charge in [0.15, 0.2) is 0 Å². The number of hydrogen-bond donors (Lipinski definition) is 3. The molecule has 130 valence electrons. The predicted molar refractivity (Wildman–Crippen MR) is 98.8 cm³/mol. The van der Waals surface area contributed by atoms with Crippen LogP contribution >= 0.6 is 0 Å². The van der Waals surface area contributed by atoms with E-state index in [4.69, 9.17) is 5.73 Å². The van der Waals surface area contributed by atoms with Crippen molar-refractivity contribution in [1.29, 1.82) is 0 Å². The van der Waals surface area contributed by atoms with Crippen LogP contribution < -0.4 is 16.4 Å². The standard InChI is InChI=1S/C19H22N4O2/c1-13-7-8-14(18(24)23-10-9-15(20)12-23)11-17(13)22-19(25)21-16-5-3-2-4-6-16/h2-8,11,15H,9-10,12,20H2,1H3,(H2,21,22,25)/t15-/m1/s1. The van der Waals surface area contributed by atoms with E-state index < -0.39 is 0 Å². The van der Waals surface area contributed by atoms with Gasteiger partial charge in [-0.25, -0.2) is 4.79 Å². The zero-order chi connectivity index (χ0) is 17.8. The molecule has 0 unspecified atom stereocenters. The smallest absolute Gasteiger partial charge is 0.323 e. The molecule has 2 aromatic rings. The maximum absolute atomic E-state index is 12.6. The Bertz CT molecular complexity index is 776. The van der Waals surface area contributed by atoms with Gasteiger partial charge in [0.25, 0.3) is 5.91 Å². The first-order valence-corrected chi connectivity index (χ1v) is 8.31. The van der Waals surface area contributed by atoms with E-state index in [2.05, 4.69) is 10.6 Å². The summed E-state index contributed by atoms with van der Waals surface area (Å²) in [5.74, 6) is -0.0560. The topological polar surface area (TPSA) is 87.5 Å². The Morgan fingerprint density at radius 3 is 2.56 bits per heavy atom. The molecular weight excluding hydrogens is 316 g/mol. The molecule has 0 bridgehead atoms. The van der Waals surface area contributed by atoms with E-state index in [9.17, 15) is 9.59 Å². The van der Waals surface area contributed by atoms with Crippen LogP contribution in [0.4, 0.5) is 16.2 Å². The van der Waals surface area contributed by atoms with Gasteiger partial charge < -0.3 is 21.3 Å². The molecule has 3 rings (SSSR count). The first-order chi connectivity index (χ1) is 12.0. The van der Waals surface area contributed by atoms with Crippen molar-refractivity contribution in [3.05, 3.63) is 59.7 Å². The van der Waals surface area contributed by atoms with Crippen molar-refractivity contribution in [2.45, 2.75) is 19.4 Å². The van der Waals surface area contributed by atoms with Crippen LogP contribution in [0.1, 0.15) is 22.3 Å². The molecule has 0 aromatic heterocycles. The number of benzene rings is 2. The number of amides is 3. The highest BCUT2D eigenvalue weighted by Crippen LogP contribution is 2.20. The van der Waals surface area contributed by atoms with Gasteiger partial charge >= 0.3 is 6.03 Å². The number of nitrogens with zero attached hydrogens (tertiary/aromatic N) is 1. The zero-order valence-electron chi connectivity index (χ0n) is 14.2. The third-order valence-corrected chi connectivity index (χ3v) is 4.28. The molecule has 1 aliphatic heterocycles. The molecule has 0 radical (unpaired) electrons. The third kappa shape index (κ3) is 4.16. The first-order valence-electron chi connectivity index (χ1n) is 8.31. The van der Waals surface area contributed by atoms with Gasteiger partial charge in [-0.1, -0.05) is 24.3 Å². The Kier molecular flexibility index (Phi) is 5.00. The Hall–Kier alpha value is -2.86. The highest BCUT2D eigenvalue weighted by molar-refractivity contribution is 6.02. The van der Waals surface area contributed by atoms with Crippen LogP contribution in [0.5, 0.6) is 0 Å². The Balaban J connectivity index is 1.71. The summed E-state index contributed by atoms with van der Waals surface area (Å²) in [6, 6.07) is 14.2. The molecule has 3 amide bonds. The number of anilines is 2. The van der Waals surface area contributed by atoms with Gasteiger partial charge in [-0.05, 0) is 43.2 Å². The summed E-state index contributed by atoms with van der Waals surface area (Å²) < 4.78 is 0. The third-order valence-electron chi connectivity index (χ3n) is 4.28. The molecule has 25 heavy (non-hydrogen) atoms. The molecule has 1 aliphatic rings. The summed E-state index contributed by atoms with van der Waals surface area (Å²) in [6.45, 7) is 3.13. The lowest BCUT2D eigenvalue weighted by Crippen LogP contribution is -2.32. The van der Waals surface area contributed by atoms with Crippen LogP contribution in [0.25, 0.3) is 0 Å². The van der Waals surface area contributed by atoms with Crippen LogP contribution in [-0.4, -0.2) is 36.0 Å². The SMILES string of the molecule is Cc1ccc(C(=O)N2CC[C@@H](N)C2)cc1NC(=O)Nc1ccccc1. The minimum Gasteiger partial charge on any atom is -0.337 e. The minimum atomic E-state index is -0.345. The summed E-state index contributed by atoms with van der Waals surface area (Å²) in [5, 5.41) is 5.57. The first kappa shape index (κ1) is 17.0. The normalized spacial score (nSPS) is 16.6. The van der Waals surface area contributed by atoms with Crippen LogP contribution in [0, 0.1) is 6.92 Å². The van der Waals surface area contributed by atoms with E-state index in [1.54, 1.807) is 17.0 Å². The lowest BCUT2D eigenvalue weighted by Gasteiger charge is -2.17. The molecular formula is C19H22N4O2. The Morgan fingerprint density at radius 1 is 1.12 bits per heavy atom. The monoisotopic (exact) mass is 338 g/mol. The Morgan fingerprint density at radius 2 is 1.88 bits per heavy atom. The number of likely N-dealkylation sites (tertiary alicyclic amines) is 1. The number of urea groups is 1. The van der Waals surface area contributed by atoms with E-state index in [-0.39, 0.29) is 18.0 Å². The molecule has 6 heteroatoms. The van der Waals surface area contributed by atoms with Gasteiger partial charge in [0.2, 0.25) is 0 Å². The quantitative estimate of drug-likeness (QED) is 0.804. The van der Waals surface area contributed by atoms with Crippen LogP contribution in [0.2, 0.25) is 0 Å². The average molecular weight is 338 g/mol. The van der Waals surface area contributed by atoms with E-state index in [1.807, 2.05) is 43.3 Å². The lowest BCUT2D eigenvalue weighted by molar-refractivity contribution is 0.0791. The molecule has 2 aromatic carbocycles. The maximum Gasteiger partial charge on any atom is 0.323 e. The van der Waals surface area contributed by atoms with Gasteiger partial charge in [0.05, 0.1) is 0 Å². The van der Waals surface area contributed by atoms with E-state index in [0.29, 0.717) is 30.0 Å². The van der Waals surface area contributed by atoms with Crippen LogP contribution in [-0.2, 0) is 0 Å². The van der Waals surface area contributed by atoms with E-state index >= 15 is 0 Å². The van der Waals surface area contributed by atoms with E-state index in [0.717, 1.165) is 12.0 Å². The van der Waals surface area contributed by atoms with Crippen molar-refractivity contribution in [3.8, 4) is 0 Å². The summed E-state index contributed by atoms with van der Waals surface area (Å²) in [6.07, 6.45) is 0.822. The van der Waals surface area contributed by atoms with Gasteiger partial charge in [-0.2, -0.15) is 0 Å². The van der Waals surface area contributed by atoms with Crippen molar-refractivity contribution < 1.29 is 9.59 Å². The molecule has 0 aliphatic carbocycles. The summed E-state index contributed by atoms with van der Waals surface area (Å²) in [5.41, 5.74) is 8.63. The fourth-order valence-electron chi connectivity index (χ4n) is 2.85. The second-order valence-electron chi connectivity index (χ2n) is 6.27. The highest BCUT2D eigenvalue weighted by atomic mass is 16.2. The van der Waals surface area contributed by atoms with Crippen molar-refractivity contribution in [3.63, 3.8) is 0 Å². The van der Waals surface area contributed by atoms with Crippen LogP contribution in [0.3, 0.4) is 0 Å². The Labute approximate surface area is 147 Å². The number of nitrogens with two attached hydrogens (primary N) is 1. The maximum atomic E-state index is 12.6. The van der Waals surface area contributed by atoms with Gasteiger partial charge in [0, 0.05) is 36.1 Å². The number of carbonyl (C=O) groups is 2. The summed E-state index contributed by atoms with van der Waals surface area (Å²) in [7, 11) is 0. The summed E-state index contributed by atoms with van der Waals surface area (Å²) >= 11 is 0. The number of para-hydroxylation sites is 1. The molecule has 1 atom stereocenters. The highest BCUT2D eigenvalue weighted by Gasteiger charge is 2.24. The van der Waals surface area contributed by atoms with Gasteiger partial charge in [-0.15, -0.1) is 0 Å². The minimum absolute atomic E-state index is 0.0450. The van der Waals surface area contributed by atoms with Gasteiger partial charge in [0.1, 0.15) is 0 Å². The van der Waals surface area contributed by atoms with E-state index in [1.165, 1.54) is 0 Å². The number of aryl methyl sites for hydroxylation is 1. The molecule has 0 spiro atoms. The summed E-state index contributed by atoms with van der Waals surface area (Å²) in [4.78, 5) is 26.5. The molecule has 1 saturated heterocycles. The fourth-order valence-corrected chi connectivity index (χ4v) is 2.85. The largest absolute Gasteiger partial charge is 0.337 e. The second-order valence-corrected chi connectivity index (χ2v) is 6.27. The molecule has 6 nitrogen and oxygen atoms in total. The number of rotatable bonds is 3. The molecule has 1 heterocycles. The van der Waals surface area contributed by atoms with Crippen molar-refractivity contribution in [1.82, 2.24) is 4.90 Å². The van der Waals surface area contributed by atoms with Crippen molar-refractivity contribution >= 4 is 23.3 Å². The van der Waals surface area contributed by atoms with Gasteiger partial charge in [-0.3, -0.25) is 4.79 Å². The predicted octanol–water partition coefficient (Wildman–Crippen LogP) is 2.81. The lowest BCUT2D eigenvalue weighted by atomic mass is 10.1. The van der Waals surface area contributed by atoms with Crippen LogP contribution in [0.15, 0.2) is 48.5 Å². The fraction of sp³-hybridized carbons (Fsp3) is 0.263. The second kappa shape index (κ2) is 7.36. The molecule has 4 N–H and O–H groups in total. The molecule has 1 fully saturated rings. The zero-order valence-corrected chi connectivity index (χ0v) is 14.2. The average Bonchev–Trinajstić information content (AvgIpc) is 3.03.